The van der Waals surface area contributed by atoms with Crippen molar-refractivity contribution in [2.24, 2.45) is 0 Å². The van der Waals surface area contributed by atoms with Gasteiger partial charge in [0.2, 0.25) is 0 Å². The van der Waals surface area contributed by atoms with Crippen molar-refractivity contribution in [3.63, 3.8) is 0 Å². The van der Waals surface area contributed by atoms with Gasteiger partial charge in [-0.3, -0.25) is 9.36 Å². The topological polar surface area (TPSA) is 46.9 Å². The molecule has 0 saturated heterocycles. The Kier molecular flexibility index (Phi) is 6.65. The van der Waals surface area contributed by atoms with Gasteiger partial charge in [-0.05, 0) is 37.3 Å². The van der Waals surface area contributed by atoms with Gasteiger partial charge in [-0.15, -0.1) is 6.42 Å². The molecule has 3 aromatic rings. The smallest absolute Gasteiger partial charge is 0.267 e. The Morgan fingerprint density at radius 1 is 1.27 bits per heavy atom. The Balaban J connectivity index is 1.88. The van der Waals surface area contributed by atoms with E-state index < -0.39 is 0 Å². The second-order valence-electron chi connectivity index (χ2n) is 6.74. The molecule has 0 bridgehead atoms. The molecule has 0 amide bonds. The Morgan fingerprint density at radius 3 is 2.73 bits per heavy atom. The number of benzene rings is 2. The van der Waals surface area contributed by atoms with Crippen LogP contribution < -0.4 is 10.9 Å². The van der Waals surface area contributed by atoms with E-state index in [4.69, 9.17) is 11.4 Å². The van der Waals surface area contributed by atoms with Crippen molar-refractivity contribution in [1.82, 2.24) is 14.9 Å². The second-order valence-corrected chi connectivity index (χ2v) is 6.74. The average molecular weight is 393 g/mol. The zero-order valence-electron chi connectivity index (χ0n) is 17.0. The molecule has 148 valence electrons. The van der Waals surface area contributed by atoms with E-state index in [0.717, 1.165) is 5.56 Å². The fourth-order valence-electron chi connectivity index (χ4n) is 3.16. The first-order valence-corrected chi connectivity index (χ1v) is 9.68. The van der Waals surface area contributed by atoms with E-state index in [1.807, 2.05) is 37.3 Å². The molecular formula is C26H23N3O. The van der Waals surface area contributed by atoms with Crippen LogP contribution in [0.25, 0.3) is 16.6 Å². The predicted molar refractivity (Wildman–Crippen MR) is 124 cm³/mol. The highest BCUT2D eigenvalue weighted by molar-refractivity contribution is 5.85. The summed E-state index contributed by atoms with van der Waals surface area (Å²) >= 11 is 0. The molecule has 0 aliphatic carbocycles. The van der Waals surface area contributed by atoms with Gasteiger partial charge in [-0.25, -0.2) is 4.98 Å². The summed E-state index contributed by atoms with van der Waals surface area (Å²) in [7, 11) is 0. The second kappa shape index (κ2) is 9.56. The maximum Gasteiger partial charge on any atom is 0.267 e. The summed E-state index contributed by atoms with van der Waals surface area (Å²) in [5.74, 6) is 9.42. The van der Waals surface area contributed by atoms with Crippen molar-refractivity contribution in [3.05, 3.63) is 95.1 Å². The van der Waals surface area contributed by atoms with Crippen molar-refractivity contribution in [1.29, 1.82) is 0 Å². The van der Waals surface area contributed by atoms with E-state index in [1.54, 1.807) is 18.2 Å². The van der Waals surface area contributed by atoms with Gasteiger partial charge in [0.25, 0.3) is 5.56 Å². The van der Waals surface area contributed by atoms with Crippen molar-refractivity contribution >= 4 is 16.6 Å². The first kappa shape index (κ1) is 20.9. The Hall–Kier alpha value is -3.86. The minimum absolute atomic E-state index is 0.202. The molecule has 1 heterocycles. The van der Waals surface area contributed by atoms with Crippen LogP contribution in [0.5, 0.6) is 0 Å². The van der Waals surface area contributed by atoms with Crippen LogP contribution in [0.1, 0.15) is 36.3 Å². The molecule has 0 aliphatic rings. The van der Waals surface area contributed by atoms with Crippen LogP contribution in [0.4, 0.5) is 0 Å². The minimum Gasteiger partial charge on any atom is -0.307 e. The van der Waals surface area contributed by atoms with Gasteiger partial charge < -0.3 is 5.32 Å². The fourth-order valence-corrected chi connectivity index (χ4v) is 3.16. The molecule has 0 radical (unpaired) electrons. The Labute approximate surface area is 177 Å². The third-order valence-corrected chi connectivity index (χ3v) is 4.70. The predicted octanol–water partition coefficient (Wildman–Crippen LogP) is 4.13. The summed E-state index contributed by atoms with van der Waals surface area (Å²) in [6.07, 6.45) is 7.79. The summed E-state index contributed by atoms with van der Waals surface area (Å²) < 4.78 is 1.48. The van der Waals surface area contributed by atoms with Gasteiger partial charge in [-0.1, -0.05) is 55.2 Å². The highest BCUT2D eigenvalue weighted by atomic mass is 16.1. The molecule has 0 fully saturated rings. The molecule has 1 unspecified atom stereocenters. The maximum atomic E-state index is 13.2. The lowest BCUT2D eigenvalue weighted by Gasteiger charge is -2.19. The van der Waals surface area contributed by atoms with E-state index in [0.29, 0.717) is 41.0 Å². The van der Waals surface area contributed by atoms with Gasteiger partial charge in [0.15, 0.2) is 0 Å². The van der Waals surface area contributed by atoms with Crippen LogP contribution in [0, 0.1) is 24.2 Å². The summed E-state index contributed by atoms with van der Waals surface area (Å²) in [5.41, 5.74) is 2.27. The first-order chi connectivity index (χ1) is 14.6. The number of hydrogen-bond donors (Lipinski definition) is 1. The van der Waals surface area contributed by atoms with Crippen LogP contribution in [0.2, 0.25) is 0 Å². The molecule has 1 atom stereocenters. The summed E-state index contributed by atoms with van der Waals surface area (Å²) in [6, 6.07) is 15.0. The zero-order chi connectivity index (χ0) is 21.5. The number of rotatable bonds is 6. The third kappa shape index (κ3) is 4.41. The molecule has 1 N–H and O–H groups in total. The molecule has 0 saturated carbocycles. The molecule has 30 heavy (non-hydrogen) atoms. The lowest BCUT2D eigenvalue weighted by molar-refractivity contribution is 0.543. The monoisotopic (exact) mass is 393 g/mol. The maximum absolute atomic E-state index is 13.2. The van der Waals surface area contributed by atoms with Crippen LogP contribution >= 0.6 is 0 Å². The highest BCUT2D eigenvalue weighted by Gasteiger charge is 2.18. The van der Waals surface area contributed by atoms with Gasteiger partial charge in [-0.2, -0.15) is 0 Å². The minimum atomic E-state index is -0.244. The van der Waals surface area contributed by atoms with Crippen molar-refractivity contribution < 1.29 is 0 Å². The highest BCUT2D eigenvalue weighted by Crippen LogP contribution is 2.19. The SMILES string of the molecule is C#Cc1cccc2nc(C(C)NCCC#Cc3ccccc3)n(C(=C)C=C)c(=O)c12. The molecule has 3 rings (SSSR count). The van der Waals surface area contributed by atoms with E-state index in [-0.39, 0.29) is 11.6 Å². The van der Waals surface area contributed by atoms with E-state index in [1.165, 1.54) is 10.6 Å². The van der Waals surface area contributed by atoms with Gasteiger partial charge in [0.05, 0.1) is 16.9 Å². The van der Waals surface area contributed by atoms with E-state index in [2.05, 4.69) is 36.2 Å². The number of fused-ring (bicyclic) bond motifs is 1. The van der Waals surface area contributed by atoms with Gasteiger partial charge in [0.1, 0.15) is 5.82 Å². The third-order valence-electron chi connectivity index (χ3n) is 4.70. The number of nitrogens with one attached hydrogen (secondary N) is 1. The number of aromatic nitrogens is 2. The van der Waals surface area contributed by atoms with Gasteiger partial charge in [0, 0.05) is 29.8 Å². The molecule has 0 aliphatic heterocycles. The van der Waals surface area contributed by atoms with Crippen molar-refractivity contribution in [2.75, 3.05) is 6.54 Å². The summed E-state index contributed by atoms with van der Waals surface area (Å²) in [4.78, 5) is 18.0. The molecule has 0 spiro atoms. The largest absolute Gasteiger partial charge is 0.307 e. The molecule has 2 aromatic carbocycles. The fraction of sp³-hybridized carbons (Fsp3) is 0.154. The van der Waals surface area contributed by atoms with Crippen LogP contribution in [0.15, 0.2) is 72.6 Å². The number of hydrogen-bond acceptors (Lipinski definition) is 3. The zero-order valence-corrected chi connectivity index (χ0v) is 17.0. The number of allylic oxidation sites excluding steroid dienone is 2. The Morgan fingerprint density at radius 2 is 2.03 bits per heavy atom. The average Bonchev–Trinajstić information content (AvgIpc) is 2.78. The van der Waals surface area contributed by atoms with Crippen LogP contribution in [0.3, 0.4) is 0 Å². The van der Waals surface area contributed by atoms with Gasteiger partial charge >= 0.3 is 0 Å². The summed E-state index contributed by atoms with van der Waals surface area (Å²) in [6.45, 7) is 10.3. The summed E-state index contributed by atoms with van der Waals surface area (Å²) in [5, 5.41) is 3.79. The normalized spacial score (nSPS) is 11.2. The Bertz CT molecular complexity index is 1250. The van der Waals surface area contributed by atoms with E-state index >= 15 is 0 Å². The lowest BCUT2D eigenvalue weighted by atomic mass is 10.1. The lowest BCUT2D eigenvalue weighted by Crippen LogP contribution is -2.31. The quantitative estimate of drug-likeness (QED) is 0.389. The van der Waals surface area contributed by atoms with E-state index in [9.17, 15) is 4.79 Å². The number of nitrogens with zero attached hydrogens (tertiary/aromatic N) is 2. The first-order valence-electron chi connectivity index (χ1n) is 9.68. The van der Waals surface area contributed by atoms with Crippen LogP contribution in [-0.2, 0) is 0 Å². The van der Waals surface area contributed by atoms with Crippen molar-refractivity contribution in [3.8, 4) is 24.2 Å². The van der Waals surface area contributed by atoms with Crippen molar-refractivity contribution in [2.45, 2.75) is 19.4 Å². The molecular weight excluding hydrogens is 370 g/mol. The number of terminal acetylenes is 1. The standard InChI is InChI=1S/C26H23N3O/c1-5-19(3)29-25(28-23-17-12-16-22(6-2)24(23)26(29)30)20(4)27-18-11-10-15-21-13-8-7-9-14-21/h2,5,7-9,12-14,16-17,20,27H,1,3,11,18H2,4H3. The molecule has 4 heteroatoms. The molecule has 4 nitrogen and oxygen atoms in total. The molecule has 1 aromatic heterocycles. The van der Waals surface area contributed by atoms with Crippen LogP contribution in [-0.4, -0.2) is 16.1 Å².